The molecule has 2 N–H and O–H groups in total. The first-order chi connectivity index (χ1) is 9.11. The average Bonchev–Trinajstić information content (AvgIpc) is 2.86. The predicted octanol–water partition coefficient (Wildman–Crippen LogP) is 3.25. The highest BCUT2D eigenvalue weighted by molar-refractivity contribution is 6.33. The zero-order valence-corrected chi connectivity index (χ0v) is 10.9. The van der Waals surface area contributed by atoms with Gasteiger partial charge in [0.05, 0.1) is 30.6 Å². The van der Waals surface area contributed by atoms with Gasteiger partial charge in [0.25, 0.3) is 0 Å². The van der Waals surface area contributed by atoms with Crippen molar-refractivity contribution in [2.75, 3.05) is 12.4 Å². The molecule has 0 aliphatic rings. The number of carbonyl (C=O) groups is 1. The lowest BCUT2D eigenvalue weighted by atomic mass is 10.2. The molecule has 100 valence electrons. The van der Waals surface area contributed by atoms with E-state index in [4.69, 9.17) is 25.9 Å². The van der Waals surface area contributed by atoms with Gasteiger partial charge in [0.15, 0.2) is 0 Å². The quantitative estimate of drug-likeness (QED) is 0.880. The van der Waals surface area contributed by atoms with Crippen LogP contribution in [0.4, 0.5) is 5.69 Å². The molecule has 0 spiro atoms. The lowest BCUT2D eigenvalue weighted by molar-refractivity contribution is 0.0694. The maximum atomic E-state index is 10.9. The van der Waals surface area contributed by atoms with Crippen LogP contribution in [-0.4, -0.2) is 18.2 Å². The molecule has 1 heterocycles. The van der Waals surface area contributed by atoms with Crippen LogP contribution in [0.15, 0.2) is 34.9 Å². The number of halogens is 1. The minimum Gasteiger partial charge on any atom is -0.497 e. The summed E-state index contributed by atoms with van der Waals surface area (Å²) in [4.78, 5) is 10.9. The number of anilines is 1. The first-order valence-corrected chi connectivity index (χ1v) is 5.86. The van der Waals surface area contributed by atoms with Gasteiger partial charge in [-0.15, -0.1) is 0 Å². The van der Waals surface area contributed by atoms with E-state index in [0.29, 0.717) is 22.2 Å². The first kappa shape index (κ1) is 13.3. The van der Waals surface area contributed by atoms with E-state index in [-0.39, 0.29) is 12.1 Å². The fourth-order valence-electron chi connectivity index (χ4n) is 1.61. The molecule has 0 aliphatic carbocycles. The molecule has 5 nitrogen and oxygen atoms in total. The summed E-state index contributed by atoms with van der Waals surface area (Å²) in [5, 5.41) is 12.5. The van der Waals surface area contributed by atoms with Gasteiger partial charge in [-0.25, -0.2) is 4.79 Å². The number of rotatable bonds is 5. The predicted molar refractivity (Wildman–Crippen MR) is 71.0 cm³/mol. The Hall–Kier alpha value is -2.14. The largest absolute Gasteiger partial charge is 0.497 e. The normalized spacial score (nSPS) is 10.2. The van der Waals surface area contributed by atoms with Crippen LogP contribution in [-0.2, 0) is 6.54 Å². The second-order valence-electron chi connectivity index (χ2n) is 3.76. The third-order valence-corrected chi connectivity index (χ3v) is 2.92. The van der Waals surface area contributed by atoms with Crippen molar-refractivity contribution in [2.24, 2.45) is 0 Å². The summed E-state index contributed by atoms with van der Waals surface area (Å²) in [5.41, 5.74) is 0.778. The van der Waals surface area contributed by atoms with E-state index in [9.17, 15) is 4.79 Å². The zero-order chi connectivity index (χ0) is 13.8. The minimum atomic E-state index is -1.03. The summed E-state index contributed by atoms with van der Waals surface area (Å²) < 4.78 is 10.2. The van der Waals surface area contributed by atoms with Crippen LogP contribution >= 0.6 is 11.6 Å². The fraction of sp³-hybridized carbons (Fsp3) is 0.154. The fourth-order valence-corrected chi connectivity index (χ4v) is 1.79. The summed E-state index contributed by atoms with van der Waals surface area (Å²) in [6.07, 6.45) is 1.34. The number of aromatic carboxylic acids is 1. The monoisotopic (exact) mass is 281 g/mol. The molecule has 6 heteroatoms. The number of nitrogens with one attached hydrogen (secondary N) is 1. The van der Waals surface area contributed by atoms with Crippen LogP contribution < -0.4 is 10.1 Å². The van der Waals surface area contributed by atoms with Crippen molar-refractivity contribution >= 4 is 23.3 Å². The molecular weight excluding hydrogens is 270 g/mol. The number of ether oxygens (including phenoxy) is 1. The summed E-state index contributed by atoms with van der Waals surface area (Å²) in [7, 11) is 1.56. The van der Waals surface area contributed by atoms with Crippen molar-refractivity contribution in [3.63, 3.8) is 0 Å². The van der Waals surface area contributed by atoms with Gasteiger partial charge in [0, 0.05) is 6.07 Å². The third kappa shape index (κ3) is 3.00. The molecule has 0 aliphatic heterocycles. The minimum absolute atomic E-state index is 0.131. The zero-order valence-electron chi connectivity index (χ0n) is 10.1. The number of carboxylic acid groups (broad SMARTS) is 1. The Bertz CT molecular complexity index is 594. The summed E-state index contributed by atoms with van der Waals surface area (Å²) in [6, 6.07) is 6.57. The Labute approximate surface area is 114 Å². The van der Waals surface area contributed by atoms with E-state index in [1.165, 1.54) is 12.3 Å². The molecule has 0 atom stereocenters. The van der Waals surface area contributed by atoms with Crippen LogP contribution in [0.5, 0.6) is 5.75 Å². The topological polar surface area (TPSA) is 71.7 Å². The van der Waals surface area contributed by atoms with Crippen molar-refractivity contribution in [3.8, 4) is 5.75 Å². The van der Waals surface area contributed by atoms with Crippen LogP contribution in [0.25, 0.3) is 0 Å². The van der Waals surface area contributed by atoms with E-state index < -0.39 is 5.97 Å². The number of hydrogen-bond acceptors (Lipinski definition) is 4. The standard InChI is InChI=1S/C13H12ClNO4/c1-18-8-2-3-10(14)11(6-8)15-7-12-9(13(16)17)4-5-19-12/h2-6,15H,7H2,1H3,(H,16,17). The number of benzene rings is 1. The molecule has 1 aromatic heterocycles. The van der Waals surface area contributed by atoms with E-state index in [1.807, 2.05) is 0 Å². The molecule has 1 aromatic carbocycles. The molecule has 0 amide bonds. The molecule has 2 rings (SSSR count). The lowest BCUT2D eigenvalue weighted by Gasteiger charge is -2.09. The molecule has 2 aromatic rings. The van der Waals surface area contributed by atoms with Gasteiger partial charge in [-0.05, 0) is 18.2 Å². The average molecular weight is 282 g/mol. The maximum Gasteiger partial charge on any atom is 0.339 e. The summed E-state index contributed by atoms with van der Waals surface area (Å²) in [5.74, 6) is -0.0292. The van der Waals surface area contributed by atoms with Crippen LogP contribution in [0.2, 0.25) is 5.02 Å². The van der Waals surface area contributed by atoms with Crippen LogP contribution in [0, 0.1) is 0 Å². The number of carboxylic acids is 1. The second-order valence-corrected chi connectivity index (χ2v) is 4.17. The Balaban J connectivity index is 2.14. The van der Waals surface area contributed by atoms with Gasteiger partial charge in [0.2, 0.25) is 0 Å². The van der Waals surface area contributed by atoms with E-state index >= 15 is 0 Å². The lowest BCUT2D eigenvalue weighted by Crippen LogP contribution is -2.05. The Morgan fingerprint density at radius 2 is 2.26 bits per heavy atom. The van der Waals surface area contributed by atoms with Crippen LogP contribution in [0.1, 0.15) is 16.1 Å². The van der Waals surface area contributed by atoms with Crippen molar-refractivity contribution in [3.05, 3.63) is 46.9 Å². The second kappa shape index (κ2) is 5.67. The number of furan rings is 1. The molecule has 0 saturated heterocycles. The van der Waals surface area contributed by atoms with Crippen molar-refractivity contribution in [1.29, 1.82) is 0 Å². The molecule has 0 unspecified atom stereocenters. The van der Waals surface area contributed by atoms with E-state index in [2.05, 4.69) is 5.32 Å². The highest BCUT2D eigenvalue weighted by Crippen LogP contribution is 2.27. The molecule has 0 fully saturated rings. The summed E-state index contributed by atoms with van der Waals surface area (Å²) in [6.45, 7) is 0.224. The maximum absolute atomic E-state index is 10.9. The Morgan fingerprint density at radius 3 is 2.95 bits per heavy atom. The highest BCUT2D eigenvalue weighted by atomic mass is 35.5. The molecule has 0 radical (unpaired) electrons. The third-order valence-electron chi connectivity index (χ3n) is 2.59. The van der Waals surface area contributed by atoms with E-state index in [0.717, 1.165) is 0 Å². The van der Waals surface area contributed by atoms with Gasteiger partial charge in [-0.1, -0.05) is 11.6 Å². The molecule has 0 saturated carbocycles. The van der Waals surface area contributed by atoms with Gasteiger partial charge >= 0.3 is 5.97 Å². The smallest absolute Gasteiger partial charge is 0.339 e. The number of methoxy groups -OCH3 is 1. The highest BCUT2D eigenvalue weighted by Gasteiger charge is 2.13. The van der Waals surface area contributed by atoms with Gasteiger partial charge in [0.1, 0.15) is 17.1 Å². The Morgan fingerprint density at radius 1 is 1.47 bits per heavy atom. The summed E-state index contributed by atoms with van der Waals surface area (Å²) >= 11 is 6.03. The first-order valence-electron chi connectivity index (χ1n) is 5.49. The molecule has 0 bridgehead atoms. The van der Waals surface area contributed by atoms with Crippen molar-refractivity contribution in [2.45, 2.75) is 6.54 Å². The Kier molecular flexibility index (Phi) is 3.97. The molecule has 19 heavy (non-hydrogen) atoms. The van der Waals surface area contributed by atoms with Crippen LogP contribution in [0.3, 0.4) is 0 Å². The molecular formula is C13H12ClNO4. The SMILES string of the molecule is COc1ccc(Cl)c(NCc2occc2C(=O)O)c1. The van der Waals surface area contributed by atoms with Gasteiger partial charge in [-0.3, -0.25) is 0 Å². The van der Waals surface area contributed by atoms with Crippen molar-refractivity contribution in [1.82, 2.24) is 0 Å². The number of hydrogen-bond donors (Lipinski definition) is 2. The van der Waals surface area contributed by atoms with Gasteiger partial charge in [-0.2, -0.15) is 0 Å². The van der Waals surface area contributed by atoms with E-state index in [1.54, 1.807) is 25.3 Å². The van der Waals surface area contributed by atoms with Crippen molar-refractivity contribution < 1.29 is 19.1 Å². The van der Waals surface area contributed by atoms with Gasteiger partial charge < -0.3 is 19.6 Å².